The Morgan fingerprint density at radius 2 is 1.23 bits per heavy atom. The van der Waals surface area contributed by atoms with Gasteiger partial charge in [-0.3, -0.25) is 9.59 Å². The third-order valence-electron chi connectivity index (χ3n) is 4.86. The molecule has 31 heavy (non-hydrogen) atoms. The predicted octanol–water partition coefficient (Wildman–Crippen LogP) is 7.48. The summed E-state index contributed by atoms with van der Waals surface area (Å²) in [6.07, 6.45) is 0. The largest absolute Gasteiger partial charge is 0.313 e. The molecule has 160 valence electrons. The van der Waals surface area contributed by atoms with E-state index in [1.165, 1.54) is 0 Å². The molecule has 0 bridgehead atoms. The maximum absolute atomic E-state index is 13.3. The molecule has 0 N–H and O–H groups in total. The Balaban J connectivity index is 2.15. The Morgan fingerprint density at radius 3 is 1.71 bits per heavy atom. The van der Waals surface area contributed by atoms with Gasteiger partial charge in [-0.2, -0.15) is 0 Å². The molecule has 0 heterocycles. The molecule has 0 amide bonds. The molecule has 3 aromatic rings. The van der Waals surface area contributed by atoms with Crippen molar-refractivity contribution in [2.45, 2.75) is 20.8 Å². The molecular formula is C23H17Cl4O3P. The van der Waals surface area contributed by atoms with Gasteiger partial charge in [0.15, 0.2) is 13.6 Å². The first-order valence-electron chi connectivity index (χ1n) is 9.18. The molecule has 0 radical (unpaired) electrons. The standard InChI is InChI=1S/C23H17Cl4O3P/c1-11-9-12(2)15(13(3)10-11)23(29)31(30)22-19(26)17(24)16(18(25)20(22)27)21(28)14-7-5-4-6-8-14/h4-10,31H,1-3H3. The van der Waals surface area contributed by atoms with Gasteiger partial charge in [0.2, 0.25) is 5.52 Å². The summed E-state index contributed by atoms with van der Waals surface area (Å²) in [5.74, 6) is -0.484. The fourth-order valence-corrected chi connectivity index (χ4v) is 6.72. The van der Waals surface area contributed by atoms with Crippen molar-refractivity contribution in [2.75, 3.05) is 0 Å². The van der Waals surface area contributed by atoms with E-state index in [4.69, 9.17) is 46.4 Å². The molecule has 1 unspecified atom stereocenters. The monoisotopic (exact) mass is 512 g/mol. The molecule has 0 spiro atoms. The molecule has 1 atom stereocenters. The smallest absolute Gasteiger partial charge is 0.223 e. The highest BCUT2D eigenvalue weighted by atomic mass is 35.5. The summed E-state index contributed by atoms with van der Waals surface area (Å²) in [7, 11) is -3.20. The number of rotatable bonds is 5. The molecule has 3 nitrogen and oxygen atoms in total. The van der Waals surface area contributed by atoms with Crippen LogP contribution in [0.4, 0.5) is 0 Å². The van der Waals surface area contributed by atoms with Crippen molar-refractivity contribution in [1.82, 2.24) is 0 Å². The van der Waals surface area contributed by atoms with Crippen LogP contribution in [0.5, 0.6) is 0 Å². The van der Waals surface area contributed by atoms with E-state index in [9.17, 15) is 14.2 Å². The van der Waals surface area contributed by atoms with Crippen LogP contribution in [0.15, 0.2) is 42.5 Å². The number of halogens is 4. The molecule has 0 aliphatic heterocycles. The Bertz CT molecular complexity index is 1200. The lowest BCUT2D eigenvalue weighted by molar-refractivity contribution is 0.103. The Kier molecular flexibility index (Phi) is 7.35. The highest BCUT2D eigenvalue weighted by Gasteiger charge is 2.31. The van der Waals surface area contributed by atoms with Gasteiger partial charge in [0.1, 0.15) is 0 Å². The first-order chi connectivity index (χ1) is 14.6. The van der Waals surface area contributed by atoms with Gasteiger partial charge in [-0.05, 0) is 31.9 Å². The van der Waals surface area contributed by atoms with Crippen molar-refractivity contribution in [1.29, 1.82) is 0 Å². The minimum Gasteiger partial charge on any atom is -0.313 e. The van der Waals surface area contributed by atoms with E-state index < -0.39 is 19.1 Å². The van der Waals surface area contributed by atoms with Crippen molar-refractivity contribution in [2.24, 2.45) is 0 Å². The van der Waals surface area contributed by atoms with E-state index in [1.54, 1.807) is 44.2 Å². The molecule has 3 rings (SSSR count). The molecule has 8 heteroatoms. The van der Waals surface area contributed by atoms with E-state index >= 15 is 0 Å². The highest BCUT2D eigenvalue weighted by Crippen LogP contribution is 2.43. The minimum absolute atomic E-state index is 0.0989. The molecule has 0 aromatic heterocycles. The van der Waals surface area contributed by atoms with Gasteiger partial charge < -0.3 is 4.57 Å². The Labute approximate surface area is 201 Å². The summed E-state index contributed by atoms with van der Waals surface area (Å²) in [5.41, 5.74) is 2.36. The minimum atomic E-state index is -3.20. The van der Waals surface area contributed by atoms with Gasteiger partial charge in [-0.25, -0.2) is 0 Å². The highest BCUT2D eigenvalue weighted by molar-refractivity contribution is 7.72. The lowest BCUT2D eigenvalue weighted by Crippen LogP contribution is -2.14. The molecule has 0 saturated heterocycles. The van der Waals surface area contributed by atoms with Crippen LogP contribution in [0.2, 0.25) is 20.1 Å². The van der Waals surface area contributed by atoms with Crippen molar-refractivity contribution in [3.05, 3.63) is 95.9 Å². The van der Waals surface area contributed by atoms with Gasteiger partial charge in [0, 0.05) is 11.1 Å². The lowest BCUT2D eigenvalue weighted by Gasteiger charge is -2.16. The summed E-state index contributed by atoms with van der Waals surface area (Å²) in [6.45, 7) is 5.45. The third kappa shape index (κ3) is 4.49. The van der Waals surface area contributed by atoms with Gasteiger partial charge in [0.05, 0.1) is 31.0 Å². The first-order valence-corrected chi connectivity index (χ1v) is 12.1. The summed E-state index contributed by atoms with van der Waals surface area (Å²) in [5, 5.41) is -0.950. The van der Waals surface area contributed by atoms with Crippen LogP contribution in [0.3, 0.4) is 0 Å². The number of carbonyl (C=O) groups excluding carboxylic acids is 2. The number of aryl methyl sites for hydroxylation is 3. The van der Waals surface area contributed by atoms with Crippen molar-refractivity contribution < 1.29 is 14.2 Å². The Morgan fingerprint density at radius 1 is 0.742 bits per heavy atom. The molecular weight excluding hydrogens is 497 g/mol. The molecule has 3 aromatic carbocycles. The molecule has 0 saturated carbocycles. The van der Waals surface area contributed by atoms with Gasteiger partial charge in [-0.1, -0.05) is 94.4 Å². The summed E-state index contributed by atoms with van der Waals surface area (Å²) in [4.78, 5) is 26.1. The number of benzene rings is 3. The number of ketones is 1. The van der Waals surface area contributed by atoms with E-state index in [0.717, 1.165) is 5.56 Å². The number of carbonyl (C=O) groups is 2. The van der Waals surface area contributed by atoms with Crippen LogP contribution in [-0.2, 0) is 4.57 Å². The van der Waals surface area contributed by atoms with Crippen molar-refractivity contribution in [3.8, 4) is 0 Å². The summed E-state index contributed by atoms with van der Waals surface area (Å²) < 4.78 is 13.3. The topological polar surface area (TPSA) is 51.2 Å². The van der Waals surface area contributed by atoms with Crippen LogP contribution in [0, 0.1) is 20.8 Å². The zero-order valence-electron chi connectivity index (χ0n) is 16.8. The fourth-order valence-electron chi connectivity index (χ4n) is 3.53. The van der Waals surface area contributed by atoms with E-state index in [1.807, 2.05) is 19.1 Å². The average Bonchev–Trinajstić information content (AvgIpc) is 2.72. The quantitative estimate of drug-likeness (QED) is 0.202. The normalized spacial score (nSPS) is 12.0. The van der Waals surface area contributed by atoms with Gasteiger partial charge in [-0.15, -0.1) is 0 Å². The molecule has 0 aliphatic carbocycles. The first kappa shape index (κ1) is 24.0. The van der Waals surface area contributed by atoms with E-state index in [2.05, 4.69) is 0 Å². The van der Waals surface area contributed by atoms with Gasteiger partial charge >= 0.3 is 0 Å². The zero-order chi connectivity index (χ0) is 23.0. The second-order valence-corrected chi connectivity index (χ2v) is 10.3. The maximum Gasteiger partial charge on any atom is 0.223 e. The number of hydrogen-bond acceptors (Lipinski definition) is 3. The SMILES string of the molecule is Cc1cc(C)c(C(=O)[PH](=O)c2c(Cl)c(Cl)c(C(=O)c3ccccc3)c(Cl)c2Cl)c(C)c1. The summed E-state index contributed by atoms with van der Waals surface area (Å²) >= 11 is 25.5. The molecule has 0 fully saturated rings. The van der Waals surface area contributed by atoms with Gasteiger partial charge in [0.25, 0.3) is 0 Å². The lowest BCUT2D eigenvalue weighted by atomic mass is 10.0. The average molecular weight is 514 g/mol. The second-order valence-electron chi connectivity index (χ2n) is 7.13. The van der Waals surface area contributed by atoms with E-state index in [0.29, 0.717) is 22.3 Å². The summed E-state index contributed by atoms with van der Waals surface area (Å²) in [6, 6.07) is 12.0. The third-order valence-corrected chi connectivity index (χ3v) is 8.50. The van der Waals surface area contributed by atoms with Crippen LogP contribution in [0.25, 0.3) is 0 Å². The van der Waals surface area contributed by atoms with Crippen LogP contribution >= 0.6 is 54.2 Å². The zero-order valence-corrected chi connectivity index (χ0v) is 20.8. The fraction of sp³-hybridized carbons (Fsp3) is 0.130. The second kappa shape index (κ2) is 9.48. The van der Waals surface area contributed by atoms with Crippen molar-refractivity contribution in [3.63, 3.8) is 0 Å². The predicted molar refractivity (Wildman–Crippen MR) is 130 cm³/mol. The Hall–Kier alpha value is -1.61. The number of hydrogen-bond donors (Lipinski definition) is 0. The van der Waals surface area contributed by atoms with Crippen molar-refractivity contribution >= 4 is 70.8 Å². The van der Waals surface area contributed by atoms with Crippen LogP contribution in [0.1, 0.15) is 43.0 Å². The van der Waals surface area contributed by atoms with Crippen LogP contribution < -0.4 is 5.30 Å². The van der Waals surface area contributed by atoms with Crippen LogP contribution in [-0.4, -0.2) is 11.3 Å². The van der Waals surface area contributed by atoms with E-state index in [-0.39, 0.29) is 31.0 Å². The maximum atomic E-state index is 13.3. The molecule has 0 aliphatic rings.